The summed E-state index contributed by atoms with van der Waals surface area (Å²) in [6, 6.07) is 0.251. The van der Waals surface area contributed by atoms with Gasteiger partial charge in [-0.15, -0.1) is 12.4 Å². The zero-order valence-electron chi connectivity index (χ0n) is 7.77. The topological polar surface area (TPSA) is 40.5 Å². The largest absolute Gasteiger partial charge is 0.481 e. The van der Waals surface area contributed by atoms with Gasteiger partial charge < -0.3 is 5.11 Å². The average Bonchev–Trinajstić information content (AvgIpc) is 2.41. The first-order valence-corrected chi connectivity index (χ1v) is 4.65. The third kappa shape index (κ3) is 1.81. The number of carbonyl (C=O) groups is 1. The molecular weight excluding hydrogens is 190 g/mol. The number of hydrogen-bond donors (Lipinski definition) is 1. The lowest BCUT2D eigenvalue weighted by molar-refractivity contribution is -0.145. The summed E-state index contributed by atoms with van der Waals surface area (Å²) in [6.07, 6.45) is 2.10. The Bertz CT molecular complexity index is 210. The highest BCUT2D eigenvalue weighted by Crippen LogP contribution is 2.34. The Labute approximate surface area is 84.5 Å². The van der Waals surface area contributed by atoms with Gasteiger partial charge in [0.2, 0.25) is 0 Å². The fourth-order valence-electron chi connectivity index (χ4n) is 2.54. The van der Waals surface area contributed by atoms with Gasteiger partial charge in [0.1, 0.15) is 0 Å². The van der Waals surface area contributed by atoms with Crippen molar-refractivity contribution < 1.29 is 9.90 Å². The van der Waals surface area contributed by atoms with Crippen molar-refractivity contribution in [3.8, 4) is 0 Å². The number of carboxylic acid groups (broad SMARTS) is 1. The summed E-state index contributed by atoms with van der Waals surface area (Å²) in [5, 5.41) is 8.95. The van der Waals surface area contributed by atoms with Crippen molar-refractivity contribution in [1.29, 1.82) is 0 Å². The van der Waals surface area contributed by atoms with Crippen LogP contribution in [0, 0.1) is 11.8 Å². The number of piperidine rings is 1. The number of halogens is 1. The predicted octanol–water partition coefficient (Wildman–Crippen LogP) is 1.22. The molecule has 76 valence electrons. The van der Waals surface area contributed by atoms with E-state index in [1.54, 1.807) is 0 Å². The van der Waals surface area contributed by atoms with Gasteiger partial charge in [-0.3, -0.25) is 9.69 Å². The van der Waals surface area contributed by atoms with E-state index in [1.807, 2.05) is 6.92 Å². The molecule has 2 aliphatic heterocycles. The van der Waals surface area contributed by atoms with Crippen molar-refractivity contribution in [2.24, 2.45) is 11.8 Å². The Balaban J connectivity index is 0.000000845. The molecule has 2 heterocycles. The fraction of sp³-hybridized carbons (Fsp3) is 0.889. The van der Waals surface area contributed by atoms with Crippen molar-refractivity contribution in [3.63, 3.8) is 0 Å². The van der Waals surface area contributed by atoms with Crippen molar-refractivity contribution in [3.05, 3.63) is 0 Å². The van der Waals surface area contributed by atoms with E-state index >= 15 is 0 Å². The highest BCUT2D eigenvalue weighted by atomic mass is 35.5. The molecule has 4 atom stereocenters. The Hall–Kier alpha value is -0.280. The zero-order chi connectivity index (χ0) is 8.72. The molecular formula is C9H16ClNO2. The van der Waals surface area contributed by atoms with Crippen LogP contribution >= 0.6 is 12.4 Å². The van der Waals surface area contributed by atoms with Gasteiger partial charge in [-0.25, -0.2) is 0 Å². The molecule has 2 aliphatic rings. The third-order valence-corrected chi connectivity index (χ3v) is 3.38. The van der Waals surface area contributed by atoms with E-state index in [-0.39, 0.29) is 24.4 Å². The van der Waals surface area contributed by atoms with Crippen LogP contribution in [0.4, 0.5) is 0 Å². The Morgan fingerprint density at radius 3 is 2.85 bits per heavy atom. The highest BCUT2D eigenvalue weighted by molar-refractivity contribution is 5.85. The van der Waals surface area contributed by atoms with Crippen molar-refractivity contribution >= 4 is 18.4 Å². The maximum absolute atomic E-state index is 10.9. The van der Waals surface area contributed by atoms with Gasteiger partial charge in [-0.05, 0) is 32.2 Å². The molecule has 0 aliphatic carbocycles. The lowest BCUT2D eigenvalue weighted by Crippen LogP contribution is -2.44. The summed E-state index contributed by atoms with van der Waals surface area (Å²) in [4.78, 5) is 13.2. The average molecular weight is 206 g/mol. The third-order valence-electron chi connectivity index (χ3n) is 3.38. The van der Waals surface area contributed by atoms with E-state index in [0.717, 1.165) is 19.5 Å². The summed E-state index contributed by atoms with van der Waals surface area (Å²) in [6.45, 7) is 4.28. The van der Waals surface area contributed by atoms with Gasteiger partial charge >= 0.3 is 5.97 Å². The smallest absolute Gasteiger partial charge is 0.308 e. The van der Waals surface area contributed by atoms with Crippen LogP contribution in [0.5, 0.6) is 0 Å². The molecule has 0 aromatic rings. The molecule has 0 aromatic heterocycles. The first-order chi connectivity index (χ1) is 5.68. The van der Waals surface area contributed by atoms with E-state index in [9.17, 15) is 4.79 Å². The monoisotopic (exact) mass is 205 g/mol. The normalized spacial score (nSPS) is 42.5. The minimum atomic E-state index is -0.612. The van der Waals surface area contributed by atoms with E-state index in [4.69, 9.17) is 5.11 Å². The predicted molar refractivity (Wildman–Crippen MR) is 52.1 cm³/mol. The molecule has 0 amide bonds. The van der Waals surface area contributed by atoms with Crippen LogP contribution in [0.15, 0.2) is 0 Å². The number of rotatable bonds is 1. The van der Waals surface area contributed by atoms with Crippen LogP contribution in [-0.4, -0.2) is 35.1 Å². The van der Waals surface area contributed by atoms with Crippen LogP contribution in [0.2, 0.25) is 0 Å². The minimum absolute atomic E-state index is 0. The highest BCUT2D eigenvalue weighted by Gasteiger charge is 2.40. The molecule has 0 aromatic carbocycles. The molecule has 1 N–H and O–H groups in total. The van der Waals surface area contributed by atoms with Gasteiger partial charge in [0.25, 0.3) is 0 Å². The van der Waals surface area contributed by atoms with Crippen molar-refractivity contribution in [1.82, 2.24) is 4.90 Å². The Morgan fingerprint density at radius 1 is 1.54 bits per heavy atom. The van der Waals surface area contributed by atoms with Crippen LogP contribution < -0.4 is 0 Å². The maximum Gasteiger partial charge on any atom is 0.308 e. The number of carboxylic acids is 1. The molecule has 4 heteroatoms. The molecule has 4 unspecified atom stereocenters. The fourth-order valence-corrected chi connectivity index (χ4v) is 2.54. The van der Waals surface area contributed by atoms with Crippen molar-refractivity contribution in [2.75, 3.05) is 13.1 Å². The molecule has 2 bridgehead atoms. The summed E-state index contributed by atoms with van der Waals surface area (Å²) in [5.74, 6) is -0.0763. The molecule has 0 saturated carbocycles. The molecule has 2 fully saturated rings. The quantitative estimate of drug-likeness (QED) is 0.700. The second-order valence-corrected chi connectivity index (χ2v) is 4.07. The molecule has 2 saturated heterocycles. The summed E-state index contributed by atoms with van der Waals surface area (Å²) in [7, 11) is 0. The van der Waals surface area contributed by atoms with Gasteiger partial charge in [0, 0.05) is 12.6 Å². The second-order valence-electron chi connectivity index (χ2n) is 4.07. The molecule has 0 radical (unpaired) electrons. The van der Waals surface area contributed by atoms with Gasteiger partial charge in [-0.2, -0.15) is 0 Å². The minimum Gasteiger partial charge on any atom is -0.481 e. The Kier molecular flexibility index (Phi) is 3.19. The Morgan fingerprint density at radius 2 is 2.23 bits per heavy atom. The van der Waals surface area contributed by atoms with Crippen LogP contribution in [0.25, 0.3) is 0 Å². The van der Waals surface area contributed by atoms with E-state index in [0.29, 0.717) is 5.92 Å². The van der Waals surface area contributed by atoms with E-state index in [1.165, 1.54) is 6.42 Å². The summed E-state index contributed by atoms with van der Waals surface area (Å²) < 4.78 is 0. The van der Waals surface area contributed by atoms with Crippen LogP contribution in [0.1, 0.15) is 19.8 Å². The van der Waals surface area contributed by atoms with Gasteiger partial charge in [-0.1, -0.05) is 0 Å². The maximum atomic E-state index is 10.9. The number of aliphatic carboxylic acids is 1. The SMILES string of the molecule is CC1C(C(=O)O)CC2CCN1C2.Cl. The number of hydrogen-bond acceptors (Lipinski definition) is 2. The van der Waals surface area contributed by atoms with Gasteiger partial charge in [0.15, 0.2) is 0 Å². The summed E-state index contributed by atoms with van der Waals surface area (Å²) in [5.41, 5.74) is 0. The van der Waals surface area contributed by atoms with E-state index < -0.39 is 5.97 Å². The van der Waals surface area contributed by atoms with Crippen molar-refractivity contribution in [2.45, 2.75) is 25.8 Å². The lowest BCUT2D eigenvalue weighted by atomic mass is 9.86. The first-order valence-electron chi connectivity index (χ1n) is 4.65. The number of fused-ring (bicyclic) bond motifs is 2. The lowest BCUT2D eigenvalue weighted by Gasteiger charge is -2.34. The first kappa shape index (κ1) is 10.8. The standard InChI is InChI=1S/C9H15NO2.ClH/c1-6-8(9(11)12)4-7-2-3-10(6)5-7;/h6-8H,2-5H2,1H3,(H,11,12);1H. The zero-order valence-corrected chi connectivity index (χ0v) is 8.59. The number of nitrogens with zero attached hydrogens (tertiary/aromatic N) is 1. The van der Waals surface area contributed by atoms with Gasteiger partial charge in [0.05, 0.1) is 5.92 Å². The van der Waals surface area contributed by atoms with Crippen LogP contribution in [0.3, 0.4) is 0 Å². The van der Waals surface area contributed by atoms with E-state index in [2.05, 4.69) is 4.90 Å². The molecule has 2 rings (SSSR count). The van der Waals surface area contributed by atoms with Crippen LogP contribution in [-0.2, 0) is 4.79 Å². The second kappa shape index (κ2) is 3.84. The molecule has 3 nitrogen and oxygen atoms in total. The summed E-state index contributed by atoms with van der Waals surface area (Å²) >= 11 is 0. The molecule has 0 spiro atoms. The molecule has 13 heavy (non-hydrogen) atoms.